The number of amides is 2. The van der Waals surface area contributed by atoms with Crippen LogP contribution in [0.25, 0.3) is 0 Å². The first-order chi connectivity index (χ1) is 10.8. The van der Waals surface area contributed by atoms with Crippen molar-refractivity contribution in [2.75, 3.05) is 24.1 Å². The summed E-state index contributed by atoms with van der Waals surface area (Å²) in [5.41, 5.74) is 3.70. The van der Waals surface area contributed by atoms with E-state index in [1.165, 1.54) is 0 Å². The molecule has 23 heavy (non-hydrogen) atoms. The fraction of sp³-hybridized carbons (Fsp3) is 0.438. The van der Waals surface area contributed by atoms with Gasteiger partial charge in [-0.2, -0.15) is 0 Å². The quantitative estimate of drug-likeness (QED) is 0.826. The maximum atomic E-state index is 12.2. The highest BCUT2D eigenvalue weighted by atomic mass is 32.2. The molecular formula is C16H23N3O3S. The lowest BCUT2D eigenvalue weighted by Crippen LogP contribution is -2.43. The molecule has 6 nitrogen and oxygen atoms in total. The molecule has 1 aromatic carbocycles. The number of anilines is 1. The highest BCUT2D eigenvalue weighted by Crippen LogP contribution is 2.26. The number of sulfonamides is 1. The zero-order valence-corrected chi connectivity index (χ0v) is 14.5. The van der Waals surface area contributed by atoms with E-state index in [1.807, 2.05) is 26.0 Å². The Labute approximate surface area is 137 Å². The molecule has 0 unspecified atom stereocenters. The molecule has 126 valence electrons. The van der Waals surface area contributed by atoms with Gasteiger partial charge in [0.1, 0.15) is 0 Å². The summed E-state index contributed by atoms with van der Waals surface area (Å²) in [6.07, 6.45) is 3.73. The third kappa shape index (κ3) is 4.99. The second-order valence-electron chi connectivity index (χ2n) is 5.96. The molecule has 0 spiro atoms. The minimum Gasteiger partial charge on any atom is -0.335 e. The minimum atomic E-state index is -3.31. The lowest BCUT2D eigenvalue weighted by molar-refractivity contribution is 0.193. The van der Waals surface area contributed by atoms with Gasteiger partial charge in [-0.05, 0) is 37.5 Å². The first-order valence-electron chi connectivity index (χ1n) is 7.51. The van der Waals surface area contributed by atoms with Crippen LogP contribution in [0.15, 0.2) is 29.8 Å². The molecule has 1 aliphatic heterocycles. The number of urea groups is 1. The predicted molar refractivity (Wildman–Crippen MR) is 91.9 cm³/mol. The minimum absolute atomic E-state index is 0.102. The topological polar surface area (TPSA) is 78.5 Å². The zero-order chi connectivity index (χ0) is 17.0. The average molecular weight is 337 g/mol. The Morgan fingerprint density at radius 1 is 1.35 bits per heavy atom. The van der Waals surface area contributed by atoms with Crippen LogP contribution in [0.2, 0.25) is 0 Å². The van der Waals surface area contributed by atoms with E-state index < -0.39 is 10.0 Å². The molecule has 2 rings (SSSR count). The number of fused-ring (bicyclic) bond motifs is 1. The summed E-state index contributed by atoms with van der Waals surface area (Å²) < 4.78 is 25.4. The van der Waals surface area contributed by atoms with Crippen LogP contribution in [0.4, 0.5) is 10.5 Å². The number of benzene rings is 1. The second-order valence-corrected chi connectivity index (χ2v) is 7.71. The Kier molecular flexibility index (Phi) is 5.30. The standard InChI is InChI=1S/C16H23N3O3S/c1-12(2)7-9-17-16(20)19-10-8-14-13(11-19)5-4-6-15(14)18-23(3,21)22/h4-7,18H,8-11H2,1-3H3,(H,17,20). The van der Waals surface area contributed by atoms with Crippen molar-refractivity contribution >= 4 is 21.7 Å². The van der Waals surface area contributed by atoms with Gasteiger partial charge >= 0.3 is 6.03 Å². The van der Waals surface area contributed by atoms with E-state index in [0.717, 1.165) is 23.0 Å². The fourth-order valence-electron chi connectivity index (χ4n) is 2.53. The third-order valence-electron chi connectivity index (χ3n) is 3.61. The first kappa shape index (κ1) is 17.3. The molecule has 2 amide bonds. The Morgan fingerprint density at radius 2 is 2.09 bits per heavy atom. The molecule has 0 aromatic heterocycles. The van der Waals surface area contributed by atoms with E-state index in [0.29, 0.717) is 31.7 Å². The van der Waals surface area contributed by atoms with Crippen molar-refractivity contribution < 1.29 is 13.2 Å². The van der Waals surface area contributed by atoms with Crippen LogP contribution in [0.1, 0.15) is 25.0 Å². The van der Waals surface area contributed by atoms with Gasteiger partial charge in [0, 0.05) is 19.6 Å². The van der Waals surface area contributed by atoms with E-state index in [9.17, 15) is 13.2 Å². The molecule has 0 saturated heterocycles. The largest absolute Gasteiger partial charge is 0.335 e. The molecule has 1 aromatic rings. The molecule has 2 N–H and O–H groups in total. The number of carbonyl (C=O) groups is 1. The Bertz CT molecular complexity index is 722. The Hall–Kier alpha value is -2.02. The molecule has 0 fully saturated rings. The van der Waals surface area contributed by atoms with Crippen molar-refractivity contribution in [1.82, 2.24) is 10.2 Å². The molecule has 0 aliphatic carbocycles. The number of hydrogen-bond acceptors (Lipinski definition) is 3. The van der Waals surface area contributed by atoms with Gasteiger partial charge in [0.05, 0.1) is 11.9 Å². The maximum absolute atomic E-state index is 12.2. The van der Waals surface area contributed by atoms with E-state index in [-0.39, 0.29) is 6.03 Å². The van der Waals surface area contributed by atoms with E-state index in [1.54, 1.807) is 17.0 Å². The second kappa shape index (κ2) is 7.04. The smallest absolute Gasteiger partial charge is 0.317 e. The molecule has 0 saturated carbocycles. The van der Waals surface area contributed by atoms with Crippen molar-refractivity contribution in [2.24, 2.45) is 0 Å². The molecule has 0 bridgehead atoms. The lowest BCUT2D eigenvalue weighted by Gasteiger charge is -2.30. The van der Waals surface area contributed by atoms with Gasteiger partial charge in [-0.1, -0.05) is 23.8 Å². The highest BCUT2D eigenvalue weighted by Gasteiger charge is 2.22. The van der Waals surface area contributed by atoms with Gasteiger partial charge in [0.2, 0.25) is 10.0 Å². The SMILES string of the molecule is CC(C)=CCNC(=O)N1CCc2c(cccc2NS(C)(=O)=O)C1. The predicted octanol–water partition coefficient (Wildman–Crippen LogP) is 2.09. The molecule has 7 heteroatoms. The van der Waals surface area contributed by atoms with Gasteiger partial charge in [0.25, 0.3) is 0 Å². The monoisotopic (exact) mass is 337 g/mol. The highest BCUT2D eigenvalue weighted by molar-refractivity contribution is 7.92. The summed E-state index contributed by atoms with van der Waals surface area (Å²) in [4.78, 5) is 13.9. The maximum Gasteiger partial charge on any atom is 0.317 e. The van der Waals surface area contributed by atoms with Crippen molar-refractivity contribution in [3.05, 3.63) is 41.0 Å². The molecule has 1 heterocycles. The van der Waals surface area contributed by atoms with Crippen LogP contribution in [0, 0.1) is 0 Å². The normalized spacial score (nSPS) is 14.0. The van der Waals surface area contributed by atoms with Crippen molar-refractivity contribution in [2.45, 2.75) is 26.8 Å². The van der Waals surface area contributed by atoms with Gasteiger partial charge < -0.3 is 10.2 Å². The van der Waals surface area contributed by atoms with E-state index in [4.69, 9.17) is 0 Å². The Balaban J connectivity index is 2.08. The van der Waals surface area contributed by atoms with Crippen LogP contribution >= 0.6 is 0 Å². The third-order valence-corrected chi connectivity index (χ3v) is 4.20. The first-order valence-corrected chi connectivity index (χ1v) is 9.40. The summed E-state index contributed by atoms with van der Waals surface area (Å²) in [6.45, 7) is 5.53. The van der Waals surface area contributed by atoms with Crippen molar-refractivity contribution in [1.29, 1.82) is 0 Å². The number of nitrogens with zero attached hydrogens (tertiary/aromatic N) is 1. The fourth-order valence-corrected chi connectivity index (χ4v) is 3.12. The molecule has 0 radical (unpaired) electrons. The number of rotatable bonds is 4. The van der Waals surface area contributed by atoms with Crippen molar-refractivity contribution in [3.63, 3.8) is 0 Å². The van der Waals surface area contributed by atoms with Crippen LogP contribution < -0.4 is 10.0 Å². The summed E-state index contributed by atoms with van der Waals surface area (Å²) in [7, 11) is -3.31. The van der Waals surface area contributed by atoms with Gasteiger partial charge in [0.15, 0.2) is 0 Å². The van der Waals surface area contributed by atoms with Gasteiger partial charge in [-0.3, -0.25) is 4.72 Å². The average Bonchev–Trinajstić information content (AvgIpc) is 2.45. The van der Waals surface area contributed by atoms with Crippen LogP contribution in [-0.2, 0) is 23.0 Å². The van der Waals surface area contributed by atoms with E-state index >= 15 is 0 Å². The Morgan fingerprint density at radius 3 is 2.74 bits per heavy atom. The van der Waals surface area contributed by atoms with Crippen LogP contribution in [-0.4, -0.2) is 38.7 Å². The van der Waals surface area contributed by atoms with E-state index in [2.05, 4.69) is 10.0 Å². The van der Waals surface area contributed by atoms with Crippen LogP contribution in [0.3, 0.4) is 0 Å². The lowest BCUT2D eigenvalue weighted by atomic mass is 9.98. The van der Waals surface area contributed by atoms with Gasteiger partial charge in [-0.15, -0.1) is 0 Å². The summed E-state index contributed by atoms with van der Waals surface area (Å²) in [5.74, 6) is 0. The summed E-state index contributed by atoms with van der Waals surface area (Å²) in [5, 5.41) is 2.87. The molecule has 0 atom stereocenters. The number of allylic oxidation sites excluding steroid dienone is 1. The van der Waals surface area contributed by atoms with Crippen LogP contribution in [0.5, 0.6) is 0 Å². The number of hydrogen-bond donors (Lipinski definition) is 2. The molecule has 1 aliphatic rings. The zero-order valence-electron chi connectivity index (χ0n) is 13.7. The molecular weight excluding hydrogens is 314 g/mol. The summed E-state index contributed by atoms with van der Waals surface area (Å²) >= 11 is 0. The van der Waals surface area contributed by atoms with Crippen molar-refractivity contribution in [3.8, 4) is 0 Å². The number of nitrogens with one attached hydrogen (secondary N) is 2. The number of carbonyl (C=O) groups excluding carboxylic acids is 1. The summed E-state index contributed by atoms with van der Waals surface area (Å²) in [6, 6.07) is 5.38. The van der Waals surface area contributed by atoms with Gasteiger partial charge in [-0.25, -0.2) is 13.2 Å².